The average Bonchev–Trinajstić information content (AvgIpc) is 2.45. The maximum atomic E-state index is 11.9. The Labute approximate surface area is 97.3 Å². The third kappa shape index (κ3) is 1.42. The Bertz CT molecular complexity index is 599. The number of hydrogen-bond donors (Lipinski definition) is 1. The van der Waals surface area contributed by atoms with Crippen molar-refractivity contribution < 1.29 is 5.11 Å². The predicted octanol–water partition coefficient (Wildman–Crippen LogP) is 1.75. The van der Waals surface area contributed by atoms with E-state index < -0.39 is 0 Å². The summed E-state index contributed by atoms with van der Waals surface area (Å²) in [5.41, 5.74) is 0.506. The lowest BCUT2D eigenvalue weighted by Crippen LogP contribution is -2.17. The molecule has 1 aromatic carbocycles. The highest BCUT2D eigenvalue weighted by atomic mass is 35.5. The summed E-state index contributed by atoms with van der Waals surface area (Å²) in [6.45, 7) is 0. The van der Waals surface area contributed by atoms with E-state index in [0.29, 0.717) is 10.6 Å². The van der Waals surface area contributed by atoms with Gasteiger partial charge in [0.05, 0.1) is 0 Å². The molecule has 0 amide bonds. The summed E-state index contributed by atoms with van der Waals surface area (Å²) in [4.78, 5) is 11.9. The van der Waals surface area contributed by atoms with Crippen LogP contribution in [-0.2, 0) is 14.1 Å². The van der Waals surface area contributed by atoms with Gasteiger partial charge in [0.25, 0.3) is 5.56 Å². The number of benzene rings is 1. The second-order valence-electron chi connectivity index (χ2n) is 3.53. The van der Waals surface area contributed by atoms with Crippen molar-refractivity contribution in [3.05, 3.63) is 39.6 Å². The molecule has 84 valence electrons. The van der Waals surface area contributed by atoms with Gasteiger partial charge in [0.2, 0.25) is 5.88 Å². The van der Waals surface area contributed by atoms with E-state index in [1.165, 1.54) is 9.36 Å². The SMILES string of the molecule is Cn1c(O)c(-c2ccccc2Cl)c(=O)n1C. The van der Waals surface area contributed by atoms with E-state index in [2.05, 4.69) is 0 Å². The molecule has 16 heavy (non-hydrogen) atoms. The van der Waals surface area contributed by atoms with Crippen LogP contribution in [0.3, 0.4) is 0 Å². The number of halogens is 1. The molecule has 0 atom stereocenters. The van der Waals surface area contributed by atoms with Crippen molar-refractivity contribution in [1.82, 2.24) is 9.36 Å². The van der Waals surface area contributed by atoms with Gasteiger partial charge >= 0.3 is 0 Å². The fourth-order valence-corrected chi connectivity index (χ4v) is 1.83. The highest BCUT2D eigenvalue weighted by Gasteiger charge is 2.18. The van der Waals surface area contributed by atoms with Crippen LogP contribution in [0.5, 0.6) is 5.88 Å². The van der Waals surface area contributed by atoms with E-state index in [-0.39, 0.29) is 17.0 Å². The molecule has 0 aliphatic carbocycles. The molecule has 0 saturated carbocycles. The maximum absolute atomic E-state index is 11.9. The van der Waals surface area contributed by atoms with Crippen LogP contribution in [0.25, 0.3) is 11.1 Å². The minimum atomic E-state index is -0.270. The highest BCUT2D eigenvalue weighted by molar-refractivity contribution is 6.33. The second-order valence-corrected chi connectivity index (χ2v) is 3.94. The number of rotatable bonds is 1. The molecule has 2 aromatic rings. The van der Waals surface area contributed by atoms with Crippen LogP contribution in [0, 0.1) is 0 Å². The molecule has 0 aliphatic heterocycles. The topological polar surface area (TPSA) is 47.2 Å². The molecule has 0 saturated heterocycles. The van der Waals surface area contributed by atoms with Gasteiger partial charge in [-0.05, 0) is 6.07 Å². The van der Waals surface area contributed by atoms with Gasteiger partial charge in [-0.1, -0.05) is 29.8 Å². The fourth-order valence-electron chi connectivity index (χ4n) is 1.60. The quantitative estimate of drug-likeness (QED) is 0.823. The first-order valence-electron chi connectivity index (χ1n) is 4.74. The Hall–Kier alpha value is -1.68. The van der Waals surface area contributed by atoms with E-state index in [9.17, 15) is 9.90 Å². The Morgan fingerprint density at radius 2 is 1.81 bits per heavy atom. The van der Waals surface area contributed by atoms with Crippen molar-refractivity contribution in [2.75, 3.05) is 0 Å². The highest BCUT2D eigenvalue weighted by Crippen LogP contribution is 2.31. The molecule has 0 spiro atoms. The van der Waals surface area contributed by atoms with Gasteiger partial charge in [0, 0.05) is 24.7 Å². The van der Waals surface area contributed by atoms with Crippen LogP contribution in [0.2, 0.25) is 5.02 Å². The largest absolute Gasteiger partial charge is 0.493 e. The van der Waals surface area contributed by atoms with Crippen LogP contribution in [0.15, 0.2) is 29.1 Å². The first-order chi connectivity index (χ1) is 7.54. The van der Waals surface area contributed by atoms with Crippen molar-refractivity contribution >= 4 is 11.6 Å². The molecule has 0 radical (unpaired) electrons. The summed E-state index contributed by atoms with van der Waals surface area (Å²) in [5.74, 6) is -0.0828. The molecule has 0 unspecified atom stereocenters. The molecule has 1 aromatic heterocycles. The first-order valence-corrected chi connectivity index (χ1v) is 5.11. The second kappa shape index (κ2) is 3.72. The lowest BCUT2D eigenvalue weighted by atomic mass is 10.1. The Morgan fingerprint density at radius 1 is 1.19 bits per heavy atom. The monoisotopic (exact) mass is 238 g/mol. The van der Waals surface area contributed by atoms with Crippen molar-refractivity contribution in [3.63, 3.8) is 0 Å². The van der Waals surface area contributed by atoms with Crippen LogP contribution < -0.4 is 5.56 Å². The summed E-state index contributed by atoms with van der Waals surface area (Å²) < 4.78 is 2.70. The van der Waals surface area contributed by atoms with Crippen LogP contribution in [-0.4, -0.2) is 14.5 Å². The molecule has 1 heterocycles. The summed E-state index contributed by atoms with van der Waals surface area (Å²) in [6, 6.07) is 6.94. The molecular formula is C11H11ClN2O2. The standard InChI is InChI=1S/C11H11ClN2O2/c1-13-10(15)9(11(16)14(13)2)7-5-3-4-6-8(7)12/h3-6,15H,1-2H3. The lowest BCUT2D eigenvalue weighted by molar-refractivity contribution is 0.398. The van der Waals surface area contributed by atoms with E-state index in [1.807, 2.05) is 0 Å². The first kappa shape index (κ1) is 10.8. The zero-order valence-corrected chi connectivity index (χ0v) is 9.69. The van der Waals surface area contributed by atoms with Crippen LogP contribution in [0.4, 0.5) is 0 Å². The summed E-state index contributed by atoms with van der Waals surface area (Å²) in [6.07, 6.45) is 0. The minimum absolute atomic E-state index is 0.0828. The molecular weight excluding hydrogens is 228 g/mol. The van der Waals surface area contributed by atoms with Crippen molar-refractivity contribution in [1.29, 1.82) is 0 Å². The number of hydrogen-bond acceptors (Lipinski definition) is 2. The van der Waals surface area contributed by atoms with Gasteiger partial charge in [-0.25, -0.2) is 0 Å². The summed E-state index contributed by atoms with van der Waals surface area (Å²) in [5, 5.41) is 10.3. The van der Waals surface area contributed by atoms with E-state index in [1.54, 1.807) is 38.4 Å². The number of nitrogens with zero attached hydrogens (tertiary/aromatic N) is 2. The molecule has 0 bridgehead atoms. The van der Waals surface area contributed by atoms with E-state index in [4.69, 9.17) is 11.6 Å². The fraction of sp³-hybridized carbons (Fsp3) is 0.182. The average molecular weight is 239 g/mol. The van der Waals surface area contributed by atoms with Crippen molar-refractivity contribution in [2.24, 2.45) is 14.1 Å². The molecule has 1 N–H and O–H groups in total. The van der Waals surface area contributed by atoms with E-state index in [0.717, 1.165) is 0 Å². The van der Waals surface area contributed by atoms with E-state index >= 15 is 0 Å². The summed E-state index contributed by atoms with van der Waals surface area (Å²) >= 11 is 6.00. The van der Waals surface area contributed by atoms with Crippen molar-refractivity contribution in [2.45, 2.75) is 0 Å². The molecule has 0 aliphatic rings. The Kier molecular flexibility index (Phi) is 2.52. The zero-order valence-electron chi connectivity index (χ0n) is 8.94. The van der Waals surface area contributed by atoms with Crippen LogP contribution >= 0.6 is 11.6 Å². The molecule has 2 rings (SSSR count). The van der Waals surface area contributed by atoms with Gasteiger partial charge in [-0.15, -0.1) is 0 Å². The van der Waals surface area contributed by atoms with Gasteiger partial charge in [-0.3, -0.25) is 14.2 Å². The third-order valence-electron chi connectivity index (χ3n) is 2.63. The molecule has 0 fully saturated rings. The number of aromatic nitrogens is 2. The zero-order chi connectivity index (χ0) is 11.9. The normalized spacial score (nSPS) is 10.7. The number of aromatic hydroxyl groups is 1. The third-order valence-corrected chi connectivity index (χ3v) is 2.96. The Balaban J connectivity index is 2.80. The van der Waals surface area contributed by atoms with Gasteiger partial charge in [-0.2, -0.15) is 0 Å². The molecule has 5 heteroatoms. The van der Waals surface area contributed by atoms with Gasteiger partial charge in [0.1, 0.15) is 5.56 Å². The van der Waals surface area contributed by atoms with Crippen molar-refractivity contribution in [3.8, 4) is 17.0 Å². The van der Waals surface area contributed by atoms with Gasteiger partial charge < -0.3 is 5.11 Å². The Morgan fingerprint density at radius 3 is 2.31 bits per heavy atom. The van der Waals surface area contributed by atoms with Crippen LogP contribution in [0.1, 0.15) is 0 Å². The lowest BCUT2D eigenvalue weighted by Gasteiger charge is -2.01. The minimum Gasteiger partial charge on any atom is -0.493 e. The summed E-state index contributed by atoms with van der Waals surface area (Å²) in [7, 11) is 3.19. The van der Waals surface area contributed by atoms with Gasteiger partial charge in [0.15, 0.2) is 0 Å². The maximum Gasteiger partial charge on any atom is 0.278 e. The predicted molar refractivity (Wildman–Crippen MR) is 62.8 cm³/mol. The molecule has 4 nitrogen and oxygen atoms in total. The smallest absolute Gasteiger partial charge is 0.278 e.